The van der Waals surface area contributed by atoms with E-state index in [1.54, 1.807) is 18.2 Å². The van der Waals surface area contributed by atoms with Crippen molar-refractivity contribution in [3.05, 3.63) is 59.7 Å². The minimum atomic E-state index is -1.48. The number of nitrogens with one attached hydrogen (secondary N) is 1. The van der Waals surface area contributed by atoms with Gasteiger partial charge in [0.05, 0.1) is 41.7 Å². The molecular formula is C45H54N10O7. The minimum absolute atomic E-state index is 0.0212. The molecule has 17 nitrogen and oxygen atoms in total. The van der Waals surface area contributed by atoms with Gasteiger partial charge in [-0.25, -0.2) is 4.79 Å². The van der Waals surface area contributed by atoms with Crippen LogP contribution < -0.4 is 20.9 Å². The number of esters is 1. The number of piperidine rings is 3. The average Bonchev–Trinajstić information content (AvgIpc) is 3.91. The third kappa shape index (κ3) is 7.12. The lowest BCUT2D eigenvalue weighted by Gasteiger charge is -2.47. The second kappa shape index (κ2) is 15.9. The number of piperazine rings is 1. The third-order valence-electron chi connectivity index (χ3n) is 14.5. The summed E-state index contributed by atoms with van der Waals surface area (Å²) in [5.41, 5.74) is 8.48. The Bertz CT molecular complexity index is 2310. The van der Waals surface area contributed by atoms with Gasteiger partial charge in [-0.2, -0.15) is 0 Å². The quantitative estimate of drug-likeness (QED) is 0.209. The predicted molar refractivity (Wildman–Crippen MR) is 228 cm³/mol. The molecule has 0 spiro atoms. The zero-order valence-electron chi connectivity index (χ0n) is 35.1. The first kappa shape index (κ1) is 40.4. The van der Waals surface area contributed by atoms with Crippen molar-refractivity contribution in [1.82, 2.24) is 29.8 Å². The molecule has 4 saturated heterocycles. The van der Waals surface area contributed by atoms with E-state index in [0.29, 0.717) is 29.1 Å². The van der Waals surface area contributed by atoms with Gasteiger partial charge in [-0.15, -0.1) is 10.2 Å². The number of phenols is 1. The van der Waals surface area contributed by atoms with Gasteiger partial charge in [0, 0.05) is 76.5 Å². The second-order valence-corrected chi connectivity index (χ2v) is 18.3. The van der Waals surface area contributed by atoms with Gasteiger partial charge < -0.3 is 35.6 Å². The lowest BCUT2D eigenvalue weighted by molar-refractivity contribution is -0.153. The maximum absolute atomic E-state index is 13.8. The Morgan fingerprint density at radius 3 is 2.32 bits per heavy atom. The largest absolute Gasteiger partial charge is 0.507 e. The van der Waals surface area contributed by atoms with Gasteiger partial charge in [0.15, 0.2) is 5.82 Å². The molecule has 6 aliphatic heterocycles. The molecule has 0 radical (unpaired) electrons. The predicted octanol–water partition coefficient (Wildman–Crippen LogP) is 2.15. The number of amides is 4. The molecule has 4 amide bonds. The number of nitrogens with two attached hydrogens (primary N) is 1. The van der Waals surface area contributed by atoms with Gasteiger partial charge in [-0.05, 0) is 93.4 Å². The molecule has 5 fully saturated rings. The van der Waals surface area contributed by atoms with E-state index >= 15 is 0 Å². The van der Waals surface area contributed by atoms with Crippen molar-refractivity contribution in [3.8, 4) is 17.0 Å². The van der Waals surface area contributed by atoms with E-state index in [0.717, 1.165) is 105 Å². The van der Waals surface area contributed by atoms with E-state index in [1.807, 2.05) is 24.3 Å². The average molecular weight is 847 g/mol. The molecule has 7 aliphatic rings. The summed E-state index contributed by atoms with van der Waals surface area (Å²) in [6, 6.07) is 13.0. The molecule has 1 saturated carbocycles. The highest BCUT2D eigenvalue weighted by atomic mass is 16.5. The Balaban J connectivity index is 0.686. The fraction of sp³-hybridized carbons (Fsp3) is 0.533. The maximum Gasteiger partial charge on any atom is 0.328 e. The van der Waals surface area contributed by atoms with Crippen LogP contribution in [0.4, 0.5) is 17.2 Å². The number of hydrogen-bond acceptors (Lipinski definition) is 15. The first-order valence-electron chi connectivity index (χ1n) is 22.1. The zero-order valence-corrected chi connectivity index (χ0v) is 35.1. The topological polar surface area (TPSA) is 198 Å². The number of aromatic nitrogens is 2. The Morgan fingerprint density at radius 1 is 0.839 bits per heavy atom. The van der Waals surface area contributed by atoms with Crippen molar-refractivity contribution in [2.45, 2.75) is 68.6 Å². The van der Waals surface area contributed by atoms with Crippen LogP contribution >= 0.6 is 0 Å². The van der Waals surface area contributed by atoms with Gasteiger partial charge in [0.25, 0.3) is 17.7 Å². The number of carbonyl (C=O) groups excluding carboxylic acids is 5. The highest BCUT2D eigenvalue weighted by Crippen LogP contribution is 2.43. The Morgan fingerprint density at radius 2 is 1.56 bits per heavy atom. The van der Waals surface area contributed by atoms with E-state index in [-0.39, 0.29) is 36.1 Å². The van der Waals surface area contributed by atoms with Crippen LogP contribution in [0.2, 0.25) is 0 Å². The number of hydrogen-bond donors (Lipinski definition) is 3. The van der Waals surface area contributed by atoms with Gasteiger partial charge >= 0.3 is 5.97 Å². The Hall–Kier alpha value is -5.65. The molecule has 1 aromatic heterocycles. The summed E-state index contributed by atoms with van der Waals surface area (Å²) in [6.07, 6.45) is 4.51. The van der Waals surface area contributed by atoms with E-state index in [4.69, 9.17) is 10.5 Å². The first-order valence-corrected chi connectivity index (χ1v) is 22.1. The molecule has 7 heterocycles. The van der Waals surface area contributed by atoms with Crippen LogP contribution in [0.25, 0.3) is 11.3 Å². The molecule has 17 heteroatoms. The van der Waals surface area contributed by atoms with Crippen LogP contribution in [-0.4, -0.2) is 161 Å². The highest BCUT2D eigenvalue weighted by molar-refractivity contribution is 6.24. The molecule has 3 unspecified atom stereocenters. The molecule has 326 valence electrons. The lowest BCUT2D eigenvalue weighted by atomic mass is 9.92. The van der Waals surface area contributed by atoms with Crippen LogP contribution in [0.5, 0.6) is 5.75 Å². The van der Waals surface area contributed by atoms with Crippen molar-refractivity contribution in [3.63, 3.8) is 0 Å². The number of imide groups is 2. The minimum Gasteiger partial charge on any atom is -0.507 e. The first-order chi connectivity index (χ1) is 30.0. The van der Waals surface area contributed by atoms with Gasteiger partial charge in [0.1, 0.15) is 17.3 Å². The molecule has 62 heavy (non-hydrogen) atoms. The number of benzene rings is 2. The van der Waals surface area contributed by atoms with Crippen molar-refractivity contribution >= 4 is 46.8 Å². The summed E-state index contributed by atoms with van der Waals surface area (Å²) >= 11 is 0. The number of aromatic hydroxyl groups is 1. The van der Waals surface area contributed by atoms with Crippen molar-refractivity contribution in [1.29, 1.82) is 0 Å². The van der Waals surface area contributed by atoms with Gasteiger partial charge in [-0.3, -0.25) is 33.9 Å². The zero-order chi connectivity index (χ0) is 42.9. The fourth-order valence-corrected chi connectivity index (χ4v) is 10.9. The Kier molecular flexibility index (Phi) is 10.4. The molecule has 2 aromatic carbocycles. The number of likely N-dealkylation sites (tertiary alicyclic amines) is 2. The highest BCUT2D eigenvalue weighted by Gasteiger charge is 2.65. The number of anilines is 3. The second-order valence-electron chi connectivity index (χ2n) is 18.3. The number of ether oxygens (including phenoxy) is 1. The number of para-hydroxylation sites is 1. The molecule has 4 atom stereocenters. The molecule has 3 aromatic rings. The van der Waals surface area contributed by atoms with Gasteiger partial charge in [-0.1, -0.05) is 12.1 Å². The summed E-state index contributed by atoms with van der Waals surface area (Å²) in [4.78, 5) is 78.2. The standard InChI is InChI=1S/C45H54N10O7/c1-62-44(61)45(46)22-38(45)55-39(57)9-8-35(43(55)60)54-41(58)31-7-6-29(20-33(31)42(54)59)52-16-12-28(13-17-52)24-50-14-10-27(11-15-50)25-51-18-19-53-30(26-51)23-47-40-36(53)21-34(48-49-40)32-4-2-3-5-37(32)56/h2-7,20-21,27-28,30,35,38,56H,8-19,22-26,46H2,1H3,(H,47,49)/t30-,35?,38?,45?/m0/s1. The van der Waals surface area contributed by atoms with Crippen molar-refractivity contribution in [2.75, 3.05) is 87.7 Å². The summed E-state index contributed by atoms with van der Waals surface area (Å²) in [5, 5.41) is 22.8. The summed E-state index contributed by atoms with van der Waals surface area (Å²) < 4.78 is 4.78. The smallest absolute Gasteiger partial charge is 0.328 e. The van der Waals surface area contributed by atoms with Crippen LogP contribution in [0.3, 0.4) is 0 Å². The van der Waals surface area contributed by atoms with Gasteiger partial charge in [0.2, 0.25) is 5.91 Å². The Labute approximate surface area is 360 Å². The van der Waals surface area contributed by atoms with Crippen molar-refractivity contribution < 1.29 is 33.8 Å². The number of carbonyl (C=O) groups is 5. The number of methoxy groups -OCH3 is 1. The van der Waals surface area contributed by atoms with E-state index < -0.39 is 47.2 Å². The third-order valence-corrected chi connectivity index (χ3v) is 14.5. The van der Waals surface area contributed by atoms with Crippen LogP contribution in [-0.2, 0) is 19.1 Å². The molecule has 1 aliphatic carbocycles. The van der Waals surface area contributed by atoms with E-state index in [9.17, 15) is 29.1 Å². The summed E-state index contributed by atoms with van der Waals surface area (Å²) in [6.45, 7) is 9.91. The SMILES string of the molecule is COC(=O)C1(N)CC1N1C(=O)CCC(N2C(=O)c3ccc(N4CCC(CN5CCC(CN6CCN7c8cc(-c9ccccc9O)nnc8NC[C@H]7C6)CC5)CC4)cc3C2=O)C1=O. The number of nitrogens with zero attached hydrogens (tertiary/aromatic N) is 8. The summed E-state index contributed by atoms with van der Waals surface area (Å²) in [7, 11) is 1.20. The number of rotatable bonds is 9. The monoisotopic (exact) mass is 846 g/mol. The van der Waals surface area contributed by atoms with E-state index in [1.165, 1.54) is 20.0 Å². The van der Waals surface area contributed by atoms with E-state index in [2.05, 4.69) is 41.2 Å². The fourth-order valence-electron chi connectivity index (χ4n) is 10.9. The molecule has 0 bridgehead atoms. The number of phenolic OH excluding ortho intramolecular Hbond substituents is 1. The van der Waals surface area contributed by atoms with Crippen LogP contribution in [0, 0.1) is 11.8 Å². The normalized spacial score (nSPS) is 27.2. The van der Waals surface area contributed by atoms with Crippen molar-refractivity contribution in [2.24, 2.45) is 17.6 Å². The van der Waals surface area contributed by atoms with Crippen LogP contribution in [0.15, 0.2) is 48.5 Å². The maximum atomic E-state index is 13.8. The van der Waals surface area contributed by atoms with Crippen LogP contribution in [0.1, 0.15) is 65.7 Å². The lowest BCUT2D eigenvalue weighted by Crippen LogP contribution is -2.59. The molecule has 10 rings (SSSR count). The molecular weight excluding hydrogens is 793 g/mol. The number of fused-ring (bicyclic) bond motifs is 4. The molecule has 4 N–H and O–H groups in total. The summed E-state index contributed by atoms with van der Waals surface area (Å²) in [5.74, 6) is -0.711.